The molecule has 7 heteroatoms. The number of halogens is 2. The van der Waals surface area contributed by atoms with Gasteiger partial charge in [-0.3, -0.25) is 4.79 Å². The van der Waals surface area contributed by atoms with Gasteiger partial charge >= 0.3 is 0 Å². The number of hydrogen-bond donors (Lipinski definition) is 0. The van der Waals surface area contributed by atoms with Crippen molar-refractivity contribution in [2.75, 3.05) is 0 Å². The van der Waals surface area contributed by atoms with Gasteiger partial charge in [0.15, 0.2) is 0 Å². The highest BCUT2D eigenvalue weighted by Gasteiger charge is 2.16. The summed E-state index contributed by atoms with van der Waals surface area (Å²) in [5.41, 5.74) is 2.51. The minimum absolute atomic E-state index is 0.109. The summed E-state index contributed by atoms with van der Waals surface area (Å²) < 4.78 is 4.51. The van der Waals surface area contributed by atoms with Crippen molar-refractivity contribution in [3.05, 3.63) is 61.3 Å². The van der Waals surface area contributed by atoms with Crippen LogP contribution in [0.25, 0.3) is 21.1 Å². The van der Waals surface area contributed by atoms with Crippen LogP contribution in [-0.4, -0.2) is 14.3 Å². The standard InChI is InChI=1S/C17H13Cl2N3OS/c1-9-5-14-16(24-9)11-7-20-22(17(23)15(11)21(14)2)8-10-3-4-12(18)13(19)6-10/h3-7H,8H2,1-2H3. The summed E-state index contributed by atoms with van der Waals surface area (Å²) in [5, 5.41) is 6.22. The van der Waals surface area contributed by atoms with E-state index in [1.807, 2.05) is 17.7 Å². The second-order valence-corrected chi connectivity index (χ2v) is 7.82. The smallest absolute Gasteiger partial charge is 0.291 e. The van der Waals surface area contributed by atoms with Gasteiger partial charge < -0.3 is 4.57 Å². The van der Waals surface area contributed by atoms with E-state index in [0.29, 0.717) is 22.1 Å². The van der Waals surface area contributed by atoms with Crippen LogP contribution in [0.4, 0.5) is 0 Å². The van der Waals surface area contributed by atoms with Crippen LogP contribution < -0.4 is 5.56 Å². The van der Waals surface area contributed by atoms with Gasteiger partial charge in [0.1, 0.15) is 5.52 Å². The van der Waals surface area contributed by atoms with E-state index >= 15 is 0 Å². The van der Waals surface area contributed by atoms with Crippen molar-refractivity contribution in [1.29, 1.82) is 0 Å². The molecule has 4 rings (SSSR count). The van der Waals surface area contributed by atoms with Crippen molar-refractivity contribution < 1.29 is 0 Å². The highest BCUT2D eigenvalue weighted by atomic mass is 35.5. The molecule has 0 spiro atoms. The van der Waals surface area contributed by atoms with E-state index in [0.717, 1.165) is 21.2 Å². The molecule has 4 nitrogen and oxygen atoms in total. The fourth-order valence-corrected chi connectivity index (χ4v) is 4.33. The number of nitrogens with zero attached hydrogens (tertiary/aromatic N) is 3. The molecule has 24 heavy (non-hydrogen) atoms. The van der Waals surface area contributed by atoms with Crippen molar-refractivity contribution >= 4 is 55.7 Å². The van der Waals surface area contributed by atoms with E-state index in [-0.39, 0.29) is 5.56 Å². The molecule has 3 heterocycles. The van der Waals surface area contributed by atoms with Crippen LogP contribution in [0.1, 0.15) is 10.4 Å². The van der Waals surface area contributed by atoms with Gasteiger partial charge in [0.2, 0.25) is 0 Å². The van der Waals surface area contributed by atoms with E-state index < -0.39 is 0 Å². The molecule has 122 valence electrons. The molecule has 0 aliphatic rings. The third-order valence-electron chi connectivity index (χ3n) is 4.11. The maximum absolute atomic E-state index is 12.9. The highest BCUT2D eigenvalue weighted by molar-refractivity contribution is 7.20. The second kappa shape index (κ2) is 5.62. The number of hydrogen-bond acceptors (Lipinski definition) is 3. The molecule has 0 N–H and O–H groups in total. The maximum atomic E-state index is 12.9. The number of aryl methyl sites for hydroxylation is 2. The summed E-state index contributed by atoms with van der Waals surface area (Å²) in [6.45, 7) is 2.42. The molecule has 0 radical (unpaired) electrons. The quantitative estimate of drug-likeness (QED) is 0.511. The molecule has 0 fully saturated rings. The Balaban J connectivity index is 1.88. The third-order valence-corrected chi connectivity index (χ3v) is 5.92. The first-order chi connectivity index (χ1) is 11.5. The van der Waals surface area contributed by atoms with E-state index in [1.165, 1.54) is 9.56 Å². The zero-order valence-electron chi connectivity index (χ0n) is 13.0. The average molecular weight is 378 g/mol. The van der Waals surface area contributed by atoms with Crippen molar-refractivity contribution in [3.63, 3.8) is 0 Å². The average Bonchev–Trinajstić information content (AvgIpc) is 3.04. The monoisotopic (exact) mass is 377 g/mol. The Labute approximate surface area is 151 Å². The molecular weight excluding hydrogens is 365 g/mol. The van der Waals surface area contributed by atoms with Crippen LogP contribution in [0.5, 0.6) is 0 Å². The normalized spacial score (nSPS) is 11.7. The van der Waals surface area contributed by atoms with Gasteiger partial charge in [0.05, 0.1) is 33.0 Å². The van der Waals surface area contributed by atoms with Gasteiger partial charge in [-0.25, -0.2) is 4.68 Å². The SMILES string of the molecule is Cc1cc2c(s1)c1cnn(Cc3ccc(Cl)c(Cl)c3)c(=O)c1n2C. The lowest BCUT2D eigenvalue weighted by molar-refractivity contribution is 0.644. The van der Waals surface area contributed by atoms with Crippen LogP contribution in [0, 0.1) is 6.92 Å². The topological polar surface area (TPSA) is 39.8 Å². The molecule has 0 aliphatic carbocycles. The zero-order valence-corrected chi connectivity index (χ0v) is 15.3. The number of benzene rings is 1. The Kier molecular flexibility index (Phi) is 3.67. The summed E-state index contributed by atoms with van der Waals surface area (Å²) in [6, 6.07) is 7.43. The predicted octanol–water partition coefficient (Wildman–Crippen LogP) is 4.61. The number of rotatable bonds is 2. The van der Waals surface area contributed by atoms with Crippen LogP contribution in [0.2, 0.25) is 10.0 Å². The second-order valence-electron chi connectivity index (χ2n) is 5.75. The predicted molar refractivity (Wildman–Crippen MR) is 101 cm³/mol. The maximum Gasteiger partial charge on any atom is 0.291 e. The minimum Gasteiger partial charge on any atom is -0.338 e. The van der Waals surface area contributed by atoms with Gasteiger partial charge in [-0.15, -0.1) is 11.3 Å². The lowest BCUT2D eigenvalue weighted by Gasteiger charge is -2.07. The molecule has 0 aliphatic heterocycles. The molecule has 0 saturated heterocycles. The van der Waals surface area contributed by atoms with E-state index in [2.05, 4.69) is 18.1 Å². The van der Waals surface area contributed by atoms with E-state index in [9.17, 15) is 4.79 Å². The Bertz CT molecular complexity index is 1160. The minimum atomic E-state index is -0.109. The number of aromatic nitrogens is 3. The lowest BCUT2D eigenvalue weighted by Crippen LogP contribution is -2.24. The Hall–Kier alpha value is -1.82. The fraction of sp³-hybridized carbons (Fsp3) is 0.176. The van der Waals surface area contributed by atoms with Crippen molar-refractivity contribution in [2.24, 2.45) is 7.05 Å². The van der Waals surface area contributed by atoms with Crippen LogP contribution in [-0.2, 0) is 13.6 Å². The first kappa shape index (κ1) is 15.7. The van der Waals surface area contributed by atoms with Crippen LogP contribution >= 0.6 is 34.5 Å². The van der Waals surface area contributed by atoms with Gasteiger partial charge in [-0.1, -0.05) is 29.3 Å². The summed E-state index contributed by atoms with van der Waals surface area (Å²) in [7, 11) is 1.92. The molecule has 0 amide bonds. The molecule has 3 aromatic heterocycles. The summed E-state index contributed by atoms with van der Waals surface area (Å²) >= 11 is 13.7. The molecule has 4 aromatic rings. The van der Waals surface area contributed by atoms with Gasteiger partial charge in [0.25, 0.3) is 5.56 Å². The van der Waals surface area contributed by atoms with Gasteiger partial charge in [-0.2, -0.15) is 5.10 Å². The third kappa shape index (κ3) is 2.35. The molecule has 0 saturated carbocycles. The fourth-order valence-electron chi connectivity index (χ4n) is 2.96. The first-order valence-electron chi connectivity index (χ1n) is 7.34. The molecular formula is C17H13Cl2N3OS. The summed E-state index contributed by atoms with van der Waals surface area (Å²) in [4.78, 5) is 14.1. The van der Waals surface area contributed by atoms with Gasteiger partial charge in [-0.05, 0) is 30.7 Å². The zero-order chi connectivity index (χ0) is 17.0. The molecule has 0 unspecified atom stereocenters. The number of thiophene rings is 1. The largest absolute Gasteiger partial charge is 0.338 e. The molecule has 0 bridgehead atoms. The molecule has 1 aromatic carbocycles. The Morgan fingerprint density at radius 2 is 2.00 bits per heavy atom. The van der Waals surface area contributed by atoms with E-state index in [1.54, 1.807) is 29.7 Å². The Morgan fingerprint density at radius 1 is 1.21 bits per heavy atom. The lowest BCUT2D eigenvalue weighted by atomic mass is 10.2. The van der Waals surface area contributed by atoms with Crippen molar-refractivity contribution in [1.82, 2.24) is 14.3 Å². The van der Waals surface area contributed by atoms with Crippen molar-refractivity contribution in [2.45, 2.75) is 13.5 Å². The van der Waals surface area contributed by atoms with Crippen molar-refractivity contribution in [3.8, 4) is 0 Å². The molecule has 0 atom stereocenters. The Morgan fingerprint density at radius 3 is 2.75 bits per heavy atom. The summed E-state index contributed by atoms with van der Waals surface area (Å²) in [5.74, 6) is 0. The number of fused-ring (bicyclic) bond motifs is 3. The van der Waals surface area contributed by atoms with Crippen LogP contribution in [0.3, 0.4) is 0 Å². The highest BCUT2D eigenvalue weighted by Crippen LogP contribution is 2.32. The van der Waals surface area contributed by atoms with Crippen LogP contribution in [0.15, 0.2) is 35.3 Å². The summed E-state index contributed by atoms with van der Waals surface area (Å²) in [6.07, 6.45) is 1.77. The van der Waals surface area contributed by atoms with E-state index in [4.69, 9.17) is 23.2 Å². The first-order valence-corrected chi connectivity index (χ1v) is 8.91. The van der Waals surface area contributed by atoms with Gasteiger partial charge in [0, 0.05) is 17.3 Å².